The summed E-state index contributed by atoms with van der Waals surface area (Å²) in [5.74, 6) is -1.22. The van der Waals surface area contributed by atoms with E-state index in [-0.39, 0.29) is 5.78 Å². The van der Waals surface area contributed by atoms with Gasteiger partial charge in [-0.15, -0.1) is 16.4 Å². The van der Waals surface area contributed by atoms with Crippen LogP contribution in [0.1, 0.15) is 11.5 Å². The average Bonchev–Trinajstić information content (AvgIpc) is 2.95. The number of alkyl halides is 3. The van der Waals surface area contributed by atoms with Crippen LogP contribution < -0.4 is 0 Å². The van der Waals surface area contributed by atoms with Crippen molar-refractivity contribution in [2.24, 2.45) is 0 Å². The third kappa shape index (κ3) is 2.50. The first kappa shape index (κ1) is 13.4. The second-order valence-electron chi connectivity index (χ2n) is 3.91. The molecule has 0 aliphatic heterocycles. The van der Waals surface area contributed by atoms with Gasteiger partial charge in [-0.25, -0.2) is 4.98 Å². The van der Waals surface area contributed by atoms with Crippen LogP contribution in [0.2, 0.25) is 0 Å². The molecule has 0 radical (unpaired) electrons. The van der Waals surface area contributed by atoms with Crippen LogP contribution in [-0.2, 0) is 6.18 Å². The lowest BCUT2D eigenvalue weighted by Gasteiger charge is -2.02. The summed E-state index contributed by atoms with van der Waals surface area (Å²) in [5, 5.41) is 5.96. The third-order valence-electron chi connectivity index (χ3n) is 2.36. The zero-order valence-electron chi connectivity index (χ0n) is 10.0. The van der Waals surface area contributed by atoms with Gasteiger partial charge in [-0.05, 0) is 24.4 Å². The number of fused-ring (bicyclic) bond motifs is 1. The Balaban J connectivity index is 2.13. The highest BCUT2D eigenvalue weighted by Gasteiger charge is 2.36. The number of rotatable bonds is 2. The van der Waals surface area contributed by atoms with E-state index in [1.807, 2.05) is 17.5 Å². The quantitative estimate of drug-likeness (QED) is 0.677. The molecule has 104 valence electrons. The lowest BCUT2D eigenvalue weighted by atomic mass is 10.5. The molecule has 3 aromatic rings. The molecule has 3 rings (SSSR count). The number of thiophene rings is 1. The molecular weight excluding hydrogens is 309 g/mol. The molecule has 0 aliphatic carbocycles. The zero-order valence-corrected chi connectivity index (χ0v) is 11.7. The Bertz CT molecular complexity index is 749. The standard InChI is InChI=1S/C11H7F3N4S2/c1-6-5-7(20-8-3-2-4-19-8)18-10(15-6)16-9(17-18)11(12,13)14/h2-5H,1H3. The van der Waals surface area contributed by atoms with Crippen LogP contribution in [0.4, 0.5) is 13.2 Å². The van der Waals surface area contributed by atoms with E-state index in [0.717, 1.165) is 8.72 Å². The Kier molecular flexibility index (Phi) is 3.17. The van der Waals surface area contributed by atoms with Crippen LogP contribution in [0.5, 0.6) is 0 Å². The van der Waals surface area contributed by atoms with Crippen molar-refractivity contribution in [3.05, 3.63) is 35.1 Å². The highest BCUT2D eigenvalue weighted by molar-refractivity contribution is 8.01. The predicted molar refractivity (Wildman–Crippen MR) is 69.0 cm³/mol. The molecule has 0 unspecified atom stereocenters. The summed E-state index contributed by atoms with van der Waals surface area (Å²) in [6, 6.07) is 5.45. The van der Waals surface area contributed by atoms with Gasteiger partial charge in [0.1, 0.15) is 5.03 Å². The molecule has 4 nitrogen and oxygen atoms in total. The molecule has 9 heteroatoms. The van der Waals surface area contributed by atoms with Crippen LogP contribution in [-0.4, -0.2) is 19.6 Å². The number of halogens is 3. The molecular formula is C11H7F3N4S2. The lowest BCUT2D eigenvalue weighted by molar-refractivity contribution is -0.144. The number of nitrogens with zero attached hydrogens (tertiary/aromatic N) is 4. The maximum atomic E-state index is 12.7. The van der Waals surface area contributed by atoms with E-state index in [4.69, 9.17) is 0 Å². The van der Waals surface area contributed by atoms with Crippen molar-refractivity contribution >= 4 is 28.9 Å². The van der Waals surface area contributed by atoms with Gasteiger partial charge in [0.2, 0.25) is 0 Å². The van der Waals surface area contributed by atoms with Crippen LogP contribution in [0, 0.1) is 6.92 Å². The van der Waals surface area contributed by atoms with Gasteiger partial charge >= 0.3 is 6.18 Å². The Morgan fingerprint density at radius 1 is 1.30 bits per heavy atom. The molecule has 0 aliphatic rings. The number of aromatic nitrogens is 4. The summed E-state index contributed by atoms with van der Waals surface area (Å²) < 4.78 is 40.1. The molecule has 0 aromatic carbocycles. The predicted octanol–water partition coefficient (Wildman–Crippen LogP) is 3.66. The highest BCUT2D eigenvalue weighted by atomic mass is 32.2. The summed E-state index contributed by atoms with van der Waals surface area (Å²) in [5.41, 5.74) is 0.595. The van der Waals surface area contributed by atoms with Gasteiger partial charge in [0, 0.05) is 5.69 Å². The molecule has 0 atom stereocenters. The topological polar surface area (TPSA) is 43.1 Å². The fraction of sp³-hybridized carbons (Fsp3) is 0.182. The minimum atomic E-state index is -4.58. The van der Waals surface area contributed by atoms with Crippen LogP contribution in [0.25, 0.3) is 5.78 Å². The largest absolute Gasteiger partial charge is 0.453 e. The monoisotopic (exact) mass is 316 g/mol. The van der Waals surface area contributed by atoms with Crippen molar-refractivity contribution in [3.8, 4) is 0 Å². The molecule has 3 aromatic heterocycles. The first-order chi connectivity index (χ1) is 9.43. The maximum Gasteiger partial charge on any atom is 0.453 e. The van der Waals surface area contributed by atoms with Crippen molar-refractivity contribution < 1.29 is 13.2 Å². The fourth-order valence-corrected chi connectivity index (χ4v) is 3.43. The number of aryl methyl sites for hydroxylation is 1. The van der Waals surface area contributed by atoms with Gasteiger partial charge in [-0.2, -0.15) is 22.7 Å². The van der Waals surface area contributed by atoms with Crippen LogP contribution in [0.15, 0.2) is 32.8 Å². The minimum Gasteiger partial charge on any atom is -0.216 e. The van der Waals surface area contributed by atoms with E-state index in [1.54, 1.807) is 13.0 Å². The van der Waals surface area contributed by atoms with Crippen molar-refractivity contribution in [1.82, 2.24) is 19.6 Å². The molecule has 0 spiro atoms. The summed E-state index contributed by atoms with van der Waals surface area (Å²) in [7, 11) is 0. The Hall–Kier alpha value is -1.61. The smallest absolute Gasteiger partial charge is 0.216 e. The Morgan fingerprint density at radius 2 is 2.10 bits per heavy atom. The lowest BCUT2D eigenvalue weighted by Crippen LogP contribution is -2.07. The van der Waals surface area contributed by atoms with Crippen LogP contribution in [0.3, 0.4) is 0 Å². The molecule has 0 fully saturated rings. The summed E-state index contributed by atoms with van der Waals surface area (Å²) >= 11 is 2.84. The Labute approximate surface area is 119 Å². The SMILES string of the molecule is Cc1cc(Sc2cccs2)n2nc(C(F)(F)F)nc2n1. The summed E-state index contributed by atoms with van der Waals surface area (Å²) in [6.45, 7) is 1.71. The van der Waals surface area contributed by atoms with E-state index in [9.17, 15) is 13.2 Å². The van der Waals surface area contributed by atoms with Gasteiger partial charge in [-0.1, -0.05) is 17.8 Å². The molecule has 3 heterocycles. The molecule has 0 saturated heterocycles. The van der Waals surface area contributed by atoms with E-state index < -0.39 is 12.0 Å². The summed E-state index contributed by atoms with van der Waals surface area (Å²) in [4.78, 5) is 7.42. The van der Waals surface area contributed by atoms with Gasteiger partial charge in [0.05, 0.1) is 4.21 Å². The highest BCUT2D eigenvalue weighted by Crippen LogP contribution is 2.32. The van der Waals surface area contributed by atoms with Crippen LogP contribution >= 0.6 is 23.1 Å². The van der Waals surface area contributed by atoms with E-state index in [0.29, 0.717) is 10.7 Å². The molecule has 0 saturated carbocycles. The summed E-state index contributed by atoms with van der Waals surface area (Å²) in [6.07, 6.45) is -4.58. The second kappa shape index (κ2) is 4.74. The maximum absolute atomic E-state index is 12.7. The van der Waals surface area contributed by atoms with Crippen molar-refractivity contribution in [2.45, 2.75) is 22.3 Å². The molecule has 0 amide bonds. The molecule has 20 heavy (non-hydrogen) atoms. The molecule has 0 bridgehead atoms. The van der Waals surface area contributed by atoms with E-state index >= 15 is 0 Å². The number of hydrogen-bond acceptors (Lipinski definition) is 5. The Morgan fingerprint density at radius 3 is 2.75 bits per heavy atom. The average molecular weight is 316 g/mol. The van der Waals surface area contributed by atoms with E-state index in [2.05, 4.69) is 15.1 Å². The first-order valence-corrected chi connectivity index (χ1v) is 7.16. The molecule has 0 N–H and O–H groups in total. The third-order valence-corrected chi connectivity index (χ3v) is 4.40. The van der Waals surface area contributed by atoms with Crippen molar-refractivity contribution in [2.75, 3.05) is 0 Å². The first-order valence-electron chi connectivity index (χ1n) is 5.46. The van der Waals surface area contributed by atoms with Gasteiger partial charge in [0.25, 0.3) is 11.6 Å². The fourth-order valence-electron chi connectivity index (χ4n) is 1.57. The normalized spacial score (nSPS) is 12.2. The zero-order chi connectivity index (χ0) is 14.3. The number of hydrogen-bond donors (Lipinski definition) is 0. The second-order valence-corrected chi connectivity index (χ2v) is 6.18. The minimum absolute atomic E-state index is 0.0450. The van der Waals surface area contributed by atoms with E-state index in [1.165, 1.54) is 23.1 Å². The van der Waals surface area contributed by atoms with Crippen molar-refractivity contribution in [3.63, 3.8) is 0 Å². The van der Waals surface area contributed by atoms with Gasteiger partial charge in [0.15, 0.2) is 0 Å². The van der Waals surface area contributed by atoms with Crippen molar-refractivity contribution in [1.29, 1.82) is 0 Å². The van der Waals surface area contributed by atoms with Gasteiger partial charge in [-0.3, -0.25) is 0 Å². The van der Waals surface area contributed by atoms with Gasteiger partial charge < -0.3 is 0 Å².